The number of benzene rings is 1. The summed E-state index contributed by atoms with van der Waals surface area (Å²) in [6.07, 6.45) is 0. The molecule has 64 valence electrons. The molecule has 0 heterocycles. The third-order valence-electron chi connectivity index (χ3n) is 1.25. The Bertz CT molecular complexity index is 263. The number of rotatable bonds is 3. The fraction of sp³-hybridized carbons (Fsp3) is 0.250. The lowest BCUT2D eigenvalue weighted by atomic mass is 10.3. The van der Waals surface area contributed by atoms with Crippen LogP contribution >= 0.6 is 7.07 Å². The molecule has 0 aromatic heterocycles. The van der Waals surface area contributed by atoms with E-state index in [4.69, 9.17) is 16.3 Å². The predicted octanol–water partition coefficient (Wildman–Crippen LogP) is 2.40. The predicted molar refractivity (Wildman–Crippen MR) is 55.0 cm³/mol. The topological polar surface area (TPSA) is 12.5 Å². The summed E-state index contributed by atoms with van der Waals surface area (Å²) in [4.78, 5) is 0. The summed E-state index contributed by atoms with van der Waals surface area (Å²) in [5.74, 6) is 0.840. The van der Waals surface area contributed by atoms with Crippen molar-refractivity contribution in [2.75, 3.05) is 14.1 Å². The van der Waals surface area contributed by atoms with Crippen molar-refractivity contribution in [2.24, 2.45) is 0 Å². The highest BCUT2D eigenvalue weighted by molar-refractivity contribution is 8.02. The molecule has 0 radical (unpaired) electrons. The highest BCUT2D eigenvalue weighted by Gasteiger charge is 2.16. The molecule has 0 aliphatic heterocycles. The summed E-state index contributed by atoms with van der Waals surface area (Å²) in [6.45, 7) is 0. The molecule has 1 rings (SSSR count). The van der Waals surface area contributed by atoms with Gasteiger partial charge in [0.2, 0.25) is 11.8 Å². The van der Waals surface area contributed by atoms with Crippen LogP contribution in [0, 0.1) is 0 Å². The minimum absolute atomic E-state index is 0.840. The lowest BCUT2D eigenvalue weighted by molar-refractivity contribution is 0.550. The second-order valence-electron chi connectivity index (χ2n) is 2.49. The van der Waals surface area contributed by atoms with Crippen LogP contribution in [-0.2, 0) is 11.8 Å². The molecular formula is C8H11NOPS+. The van der Waals surface area contributed by atoms with E-state index in [-0.39, 0.29) is 0 Å². The molecule has 12 heavy (non-hydrogen) atoms. The van der Waals surface area contributed by atoms with E-state index < -0.39 is 7.07 Å². The Morgan fingerprint density at radius 2 is 1.83 bits per heavy atom. The molecule has 1 aromatic rings. The first-order valence-corrected chi connectivity index (χ1v) is 5.80. The monoisotopic (exact) mass is 200 g/mol. The Kier molecular flexibility index (Phi) is 3.60. The molecule has 1 unspecified atom stereocenters. The van der Waals surface area contributed by atoms with E-state index in [1.165, 1.54) is 0 Å². The summed E-state index contributed by atoms with van der Waals surface area (Å²) in [6, 6.07) is 9.64. The molecule has 0 saturated carbocycles. The molecule has 1 atom stereocenters. The third-order valence-corrected chi connectivity index (χ3v) is 3.48. The van der Waals surface area contributed by atoms with Gasteiger partial charge in [-0.1, -0.05) is 22.9 Å². The van der Waals surface area contributed by atoms with Crippen molar-refractivity contribution in [2.45, 2.75) is 0 Å². The van der Waals surface area contributed by atoms with Gasteiger partial charge >= 0.3 is 7.07 Å². The summed E-state index contributed by atoms with van der Waals surface area (Å²) in [7, 11) is 2.94. The molecule has 4 heteroatoms. The van der Waals surface area contributed by atoms with Crippen LogP contribution in [0.1, 0.15) is 0 Å². The first kappa shape index (κ1) is 9.59. The van der Waals surface area contributed by atoms with E-state index in [1.54, 1.807) is 0 Å². The van der Waals surface area contributed by atoms with Gasteiger partial charge in [-0.2, -0.15) is 0 Å². The van der Waals surface area contributed by atoms with Gasteiger partial charge in [0.1, 0.15) is 0 Å². The van der Waals surface area contributed by atoms with Gasteiger partial charge in [0, 0.05) is 14.1 Å². The molecule has 2 nitrogen and oxygen atoms in total. The molecule has 0 amide bonds. The highest BCUT2D eigenvalue weighted by Crippen LogP contribution is 2.27. The summed E-state index contributed by atoms with van der Waals surface area (Å²) < 4.78 is 7.38. The second-order valence-corrected chi connectivity index (χ2v) is 4.88. The van der Waals surface area contributed by atoms with Crippen molar-refractivity contribution in [3.8, 4) is 5.75 Å². The standard InChI is InChI=1S/C8H11NOPS/c1-9(2)11(12)10-8-6-4-3-5-7-8/h3-7H,1-2H3/q+1. The van der Waals surface area contributed by atoms with Crippen molar-refractivity contribution in [3.05, 3.63) is 30.3 Å². The SMILES string of the molecule is CN(C)[P+](=S)Oc1ccccc1. The molecule has 0 fully saturated rings. The lowest BCUT2D eigenvalue weighted by Gasteiger charge is -1.97. The van der Waals surface area contributed by atoms with Gasteiger partial charge in [0.15, 0.2) is 5.75 Å². The van der Waals surface area contributed by atoms with Gasteiger partial charge in [0.25, 0.3) is 0 Å². The van der Waals surface area contributed by atoms with E-state index in [0.717, 1.165) is 5.75 Å². The normalized spacial score (nSPS) is 11.4. The van der Waals surface area contributed by atoms with Crippen LogP contribution in [0.3, 0.4) is 0 Å². The minimum Gasteiger partial charge on any atom is -0.260 e. The Balaban J connectivity index is 2.59. The van der Waals surface area contributed by atoms with Gasteiger partial charge in [-0.3, -0.25) is 4.52 Å². The summed E-state index contributed by atoms with van der Waals surface area (Å²) >= 11 is 5.11. The first-order chi connectivity index (χ1) is 5.70. The fourth-order valence-corrected chi connectivity index (χ4v) is 1.38. The molecule has 0 spiro atoms. The maximum absolute atomic E-state index is 5.48. The molecular weight excluding hydrogens is 189 g/mol. The van der Waals surface area contributed by atoms with Crippen LogP contribution in [0.2, 0.25) is 0 Å². The van der Waals surface area contributed by atoms with E-state index in [0.29, 0.717) is 0 Å². The minimum atomic E-state index is -0.899. The van der Waals surface area contributed by atoms with Gasteiger partial charge in [-0.05, 0) is 12.1 Å². The molecule has 1 aromatic carbocycles. The second kappa shape index (κ2) is 4.51. The number of nitrogens with zero attached hydrogens (tertiary/aromatic N) is 1. The molecule has 0 aliphatic rings. The first-order valence-electron chi connectivity index (χ1n) is 3.57. The van der Waals surface area contributed by atoms with Gasteiger partial charge in [0.05, 0.1) is 0 Å². The van der Waals surface area contributed by atoms with Crippen molar-refractivity contribution in [3.63, 3.8) is 0 Å². The van der Waals surface area contributed by atoms with Crippen molar-refractivity contribution >= 4 is 18.9 Å². The zero-order valence-electron chi connectivity index (χ0n) is 7.10. The maximum Gasteiger partial charge on any atom is 0.491 e. The zero-order valence-corrected chi connectivity index (χ0v) is 8.81. The lowest BCUT2D eigenvalue weighted by Crippen LogP contribution is -2.02. The quantitative estimate of drug-likeness (QED) is 0.695. The largest absolute Gasteiger partial charge is 0.491 e. The van der Waals surface area contributed by atoms with E-state index in [2.05, 4.69) is 0 Å². The zero-order chi connectivity index (χ0) is 8.97. The molecule has 0 aliphatic carbocycles. The molecule has 0 saturated heterocycles. The smallest absolute Gasteiger partial charge is 0.260 e. The van der Waals surface area contributed by atoms with Crippen LogP contribution < -0.4 is 4.52 Å². The van der Waals surface area contributed by atoms with Crippen LogP contribution in [-0.4, -0.2) is 18.8 Å². The van der Waals surface area contributed by atoms with Gasteiger partial charge in [-0.15, -0.1) is 0 Å². The van der Waals surface area contributed by atoms with Crippen LogP contribution in [0.5, 0.6) is 5.75 Å². The van der Waals surface area contributed by atoms with E-state index >= 15 is 0 Å². The average molecular weight is 200 g/mol. The molecule has 0 N–H and O–H groups in total. The van der Waals surface area contributed by atoms with Crippen LogP contribution in [0.25, 0.3) is 0 Å². The number of hydrogen-bond acceptors (Lipinski definition) is 2. The average Bonchev–Trinajstić information content (AvgIpc) is 2.06. The fourth-order valence-electron chi connectivity index (χ4n) is 0.653. The summed E-state index contributed by atoms with van der Waals surface area (Å²) in [5, 5.41) is 0. The van der Waals surface area contributed by atoms with E-state index in [1.807, 2.05) is 49.1 Å². The van der Waals surface area contributed by atoms with Crippen LogP contribution in [0.4, 0.5) is 0 Å². The number of para-hydroxylation sites is 1. The molecule has 0 bridgehead atoms. The highest BCUT2D eigenvalue weighted by atomic mass is 32.4. The van der Waals surface area contributed by atoms with Crippen molar-refractivity contribution in [1.82, 2.24) is 4.67 Å². The Morgan fingerprint density at radius 3 is 2.33 bits per heavy atom. The van der Waals surface area contributed by atoms with Crippen molar-refractivity contribution < 1.29 is 4.52 Å². The van der Waals surface area contributed by atoms with Crippen molar-refractivity contribution in [1.29, 1.82) is 0 Å². The van der Waals surface area contributed by atoms with E-state index in [9.17, 15) is 0 Å². The Hall–Kier alpha value is -0.500. The number of hydrogen-bond donors (Lipinski definition) is 0. The summed E-state index contributed by atoms with van der Waals surface area (Å²) in [5.41, 5.74) is 0. The van der Waals surface area contributed by atoms with Gasteiger partial charge < -0.3 is 0 Å². The Morgan fingerprint density at radius 1 is 1.25 bits per heavy atom. The maximum atomic E-state index is 5.48. The van der Waals surface area contributed by atoms with Gasteiger partial charge in [-0.25, -0.2) is 0 Å². The third kappa shape index (κ3) is 2.86. The van der Waals surface area contributed by atoms with Crippen LogP contribution in [0.15, 0.2) is 30.3 Å². The Labute approximate surface area is 78.7 Å².